The molecule has 2 fully saturated rings. The molecule has 2 saturated heterocycles. The summed E-state index contributed by atoms with van der Waals surface area (Å²) in [6.07, 6.45) is 0.534. The Morgan fingerprint density at radius 2 is 2.26 bits per heavy atom. The molecule has 23 heavy (non-hydrogen) atoms. The van der Waals surface area contributed by atoms with Crippen LogP contribution in [0.25, 0.3) is 0 Å². The summed E-state index contributed by atoms with van der Waals surface area (Å²) in [5.41, 5.74) is 5.60. The van der Waals surface area contributed by atoms with Gasteiger partial charge in [0.05, 0.1) is 19.6 Å². The lowest BCUT2D eigenvalue weighted by atomic mass is 10.2. The molecule has 3 atom stereocenters. The molecule has 0 saturated carbocycles. The van der Waals surface area contributed by atoms with Crippen molar-refractivity contribution in [2.24, 2.45) is 15.7 Å². The largest absolute Gasteiger partial charge is 0.472 e. The van der Waals surface area contributed by atoms with E-state index in [9.17, 15) is 14.3 Å². The number of nitrogens with one attached hydrogen (secondary N) is 1. The predicted molar refractivity (Wildman–Crippen MR) is 79.5 cm³/mol. The third kappa shape index (κ3) is 2.65. The first-order valence-electron chi connectivity index (χ1n) is 6.76. The van der Waals surface area contributed by atoms with E-state index in [1.165, 1.54) is 18.1 Å². The van der Waals surface area contributed by atoms with Crippen molar-refractivity contribution >= 4 is 37.8 Å². The van der Waals surface area contributed by atoms with E-state index in [2.05, 4.69) is 15.3 Å². The van der Waals surface area contributed by atoms with E-state index in [4.69, 9.17) is 19.5 Å². The van der Waals surface area contributed by atoms with Crippen LogP contribution in [0.3, 0.4) is 0 Å². The van der Waals surface area contributed by atoms with Crippen LogP contribution in [-0.2, 0) is 23.1 Å². The molecule has 0 radical (unpaired) electrons. The van der Waals surface area contributed by atoms with Gasteiger partial charge in [0.15, 0.2) is 23.1 Å². The number of phosphoric acid groups is 1. The molecule has 0 aromatic heterocycles. The van der Waals surface area contributed by atoms with Gasteiger partial charge in [-0.15, -0.1) is 11.8 Å². The molecule has 0 aromatic rings. The van der Waals surface area contributed by atoms with Crippen LogP contribution >= 0.6 is 19.6 Å². The van der Waals surface area contributed by atoms with Crippen molar-refractivity contribution in [3.8, 4) is 0 Å². The molecule has 11 nitrogen and oxygen atoms in total. The van der Waals surface area contributed by atoms with Crippen molar-refractivity contribution in [3.63, 3.8) is 0 Å². The van der Waals surface area contributed by atoms with Crippen LogP contribution in [0.4, 0.5) is 0 Å². The second-order valence-corrected chi connectivity index (χ2v) is 8.20. The van der Waals surface area contributed by atoms with Gasteiger partial charge in [0.25, 0.3) is 5.91 Å². The van der Waals surface area contributed by atoms with Gasteiger partial charge in [0.2, 0.25) is 0 Å². The first kappa shape index (κ1) is 15.4. The van der Waals surface area contributed by atoms with Crippen LogP contribution in [0.15, 0.2) is 9.98 Å². The lowest BCUT2D eigenvalue weighted by Gasteiger charge is -2.35. The minimum absolute atomic E-state index is 0.0395. The van der Waals surface area contributed by atoms with E-state index in [0.29, 0.717) is 5.75 Å². The minimum Gasteiger partial charge on any atom is -0.370 e. The van der Waals surface area contributed by atoms with Crippen LogP contribution < -0.4 is 11.1 Å². The van der Waals surface area contributed by atoms with Crippen LogP contribution in [0.2, 0.25) is 0 Å². The first-order chi connectivity index (χ1) is 10.9. The number of carbonyl (C=O) groups excluding carboxylic acids is 1. The van der Waals surface area contributed by atoms with Crippen molar-refractivity contribution in [3.05, 3.63) is 0 Å². The third-order valence-corrected chi connectivity index (χ3v) is 6.03. The number of aliphatic imine (C=N–C) groups is 2. The maximum Gasteiger partial charge on any atom is 0.472 e. The van der Waals surface area contributed by atoms with Crippen molar-refractivity contribution in [2.75, 3.05) is 19.0 Å². The second kappa shape index (κ2) is 5.16. The number of ether oxygens (including phenoxy) is 1. The highest BCUT2D eigenvalue weighted by Crippen LogP contribution is 2.53. The number of nitrogens with zero attached hydrogens (tertiary/aromatic N) is 3. The zero-order chi connectivity index (χ0) is 16.2. The summed E-state index contributed by atoms with van der Waals surface area (Å²) in [7, 11) is -3.97. The number of nitrogens with two attached hydrogens (primary N) is 1. The summed E-state index contributed by atoms with van der Waals surface area (Å²) in [6, 6.07) is -0.663. The minimum atomic E-state index is -3.97. The Labute approximate surface area is 134 Å². The molecule has 0 bridgehead atoms. The zero-order valence-electron chi connectivity index (χ0n) is 11.7. The molecule has 0 aromatic carbocycles. The van der Waals surface area contributed by atoms with Crippen molar-refractivity contribution in [1.82, 2.24) is 10.2 Å². The van der Waals surface area contributed by atoms with E-state index < -0.39 is 31.2 Å². The predicted octanol–water partition coefficient (Wildman–Crippen LogP) is -1.60. The molecule has 3 unspecified atom stereocenters. The number of guanidine groups is 1. The number of rotatable bonds is 1. The third-order valence-electron chi connectivity index (χ3n) is 3.81. The summed E-state index contributed by atoms with van der Waals surface area (Å²) in [5.74, 6) is 0.263. The van der Waals surface area contributed by atoms with E-state index in [-0.39, 0.29) is 25.1 Å². The molecule has 4 aliphatic rings. The number of hydrogen-bond donors (Lipinski definition) is 3. The number of thioether (sulfide) groups is 1. The molecular formula is C10H14N5O6PS. The number of amides is 1. The van der Waals surface area contributed by atoms with Gasteiger partial charge in [-0.2, -0.15) is 0 Å². The molecule has 13 heteroatoms. The van der Waals surface area contributed by atoms with Gasteiger partial charge in [-0.3, -0.25) is 24.2 Å². The fourth-order valence-corrected chi connectivity index (χ4v) is 4.84. The maximum atomic E-state index is 11.9. The molecule has 4 aliphatic heterocycles. The highest BCUT2D eigenvalue weighted by Gasteiger charge is 2.52. The second-order valence-electron chi connectivity index (χ2n) is 5.38. The molecule has 1 spiro atoms. The van der Waals surface area contributed by atoms with Gasteiger partial charge in [0, 0.05) is 5.75 Å². The average molecular weight is 363 g/mol. The number of fused-ring (bicyclic) bond motifs is 1. The van der Waals surface area contributed by atoms with Gasteiger partial charge < -0.3 is 20.3 Å². The summed E-state index contributed by atoms with van der Waals surface area (Å²) in [5, 5.41) is 2.43. The Hall–Kier alpha value is -1.17. The number of carbonyl (C=O) groups is 1. The SMILES string of the molecule is NC1=NC2C(N=CN2C2CSC3(COP(=O)(O)OC3)O2)C(=O)N1. The molecule has 4 rings (SSSR count). The van der Waals surface area contributed by atoms with E-state index >= 15 is 0 Å². The quantitative estimate of drug-likeness (QED) is 0.468. The smallest absolute Gasteiger partial charge is 0.370 e. The number of hydrogen-bond acceptors (Lipinski definition) is 10. The maximum absolute atomic E-state index is 11.9. The van der Waals surface area contributed by atoms with E-state index in [1.807, 2.05) is 0 Å². The standard InChI is InChI=1S/C10H14N5O6PS/c11-9-13-7-6(8(16)14-9)12-4-15(7)5-1-23-10(21-5)2-19-22(17,18)20-3-10/h4-7H,1-3H2,(H,17,18)(H3,11,13,14,16). The average Bonchev–Trinajstić information content (AvgIpc) is 3.07. The first-order valence-corrected chi connectivity index (χ1v) is 9.24. The normalized spacial score (nSPS) is 46.0. The lowest BCUT2D eigenvalue weighted by Crippen LogP contribution is -2.56. The fraction of sp³-hybridized carbons (Fsp3) is 0.700. The zero-order valence-corrected chi connectivity index (χ0v) is 13.4. The topological polar surface area (TPSA) is 148 Å². The van der Waals surface area contributed by atoms with Crippen LogP contribution in [0.1, 0.15) is 0 Å². The van der Waals surface area contributed by atoms with Gasteiger partial charge in [-0.25, -0.2) is 9.56 Å². The van der Waals surface area contributed by atoms with Gasteiger partial charge in [-0.1, -0.05) is 0 Å². The van der Waals surface area contributed by atoms with Gasteiger partial charge in [0.1, 0.15) is 6.23 Å². The van der Waals surface area contributed by atoms with Crippen molar-refractivity contribution in [1.29, 1.82) is 0 Å². The molecule has 1 amide bonds. The Kier molecular flexibility index (Phi) is 3.45. The van der Waals surface area contributed by atoms with Crippen LogP contribution in [0, 0.1) is 0 Å². The van der Waals surface area contributed by atoms with Gasteiger partial charge in [-0.05, 0) is 0 Å². The van der Waals surface area contributed by atoms with Gasteiger partial charge >= 0.3 is 7.82 Å². The van der Waals surface area contributed by atoms with Crippen LogP contribution in [0.5, 0.6) is 0 Å². The Morgan fingerprint density at radius 1 is 1.52 bits per heavy atom. The Morgan fingerprint density at radius 3 is 3.00 bits per heavy atom. The van der Waals surface area contributed by atoms with Crippen molar-refractivity contribution < 1.29 is 28.0 Å². The van der Waals surface area contributed by atoms with Crippen molar-refractivity contribution in [2.45, 2.75) is 23.4 Å². The van der Waals surface area contributed by atoms with E-state index in [1.54, 1.807) is 4.90 Å². The highest BCUT2D eigenvalue weighted by atomic mass is 32.2. The molecule has 4 heterocycles. The summed E-state index contributed by atoms with van der Waals surface area (Å²) in [4.78, 5) is 30.3. The molecular weight excluding hydrogens is 349 g/mol. The molecule has 126 valence electrons. The summed E-state index contributed by atoms with van der Waals surface area (Å²) >= 11 is 1.41. The highest BCUT2D eigenvalue weighted by molar-refractivity contribution is 8.00. The Bertz CT molecular complexity index is 646. The molecule has 0 aliphatic carbocycles. The fourth-order valence-electron chi connectivity index (χ4n) is 2.69. The Balaban J connectivity index is 1.48. The summed E-state index contributed by atoms with van der Waals surface area (Å²) in [6.45, 7) is -0.125. The monoisotopic (exact) mass is 363 g/mol. The van der Waals surface area contributed by atoms with E-state index in [0.717, 1.165) is 0 Å². The summed E-state index contributed by atoms with van der Waals surface area (Å²) < 4.78 is 26.9. The lowest BCUT2D eigenvalue weighted by molar-refractivity contribution is -0.129. The number of phosphoric ester groups is 1. The molecule has 4 N–H and O–H groups in total. The van der Waals surface area contributed by atoms with Crippen LogP contribution in [-0.4, -0.2) is 70.3 Å².